The Bertz CT molecular complexity index is 599. The molecule has 0 aliphatic carbocycles. The molecule has 0 spiro atoms. The summed E-state index contributed by atoms with van der Waals surface area (Å²) in [4.78, 5) is 14.2. The van der Waals surface area contributed by atoms with E-state index in [0.29, 0.717) is 23.9 Å². The molecule has 0 atom stereocenters. The van der Waals surface area contributed by atoms with E-state index in [1.165, 1.54) is 5.56 Å². The van der Waals surface area contributed by atoms with Gasteiger partial charge in [-0.15, -0.1) is 0 Å². The number of hydrogen-bond acceptors (Lipinski definition) is 5. The van der Waals surface area contributed by atoms with Gasteiger partial charge in [0, 0.05) is 25.2 Å². The summed E-state index contributed by atoms with van der Waals surface area (Å²) in [5.74, 6) is 1.74. The average Bonchev–Trinajstić information content (AvgIpc) is 3.18. The number of nitrogens with zero attached hydrogens (tertiary/aromatic N) is 3. The first-order valence-electron chi connectivity index (χ1n) is 7.65. The van der Waals surface area contributed by atoms with Crippen molar-refractivity contribution in [2.75, 3.05) is 25.0 Å². The Morgan fingerprint density at radius 2 is 2.32 bits per heavy atom. The third-order valence-corrected chi connectivity index (χ3v) is 4.13. The lowest BCUT2D eigenvalue weighted by molar-refractivity contribution is -0.116. The van der Waals surface area contributed by atoms with Gasteiger partial charge < -0.3 is 14.7 Å². The number of aromatic amines is 1. The molecular weight excluding hydrogens is 282 g/mol. The number of nitrogens with one attached hydrogen (secondary N) is 2. The first kappa shape index (κ1) is 14.8. The SMILES string of the molecule is Cc1cc(NC(=O)CCN2CCC(c3cn[nH]c3)CC2)no1. The van der Waals surface area contributed by atoms with Gasteiger partial charge in [0.05, 0.1) is 6.20 Å². The molecule has 0 radical (unpaired) electrons. The Hall–Kier alpha value is -2.15. The van der Waals surface area contributed by atoms with Crippen molar-refractivity contribution < 1.29 is 9.32 Å². The summed E-state index contributed by atoms with van der Waals surface area (Å²) in [6.07, 6.45) is 6.59. The molecule has 0 saturated carbocycles. The zero-order valence-corrected chi connectivity index (χ0v) is 12.7. The minimum atomic E-state index is -0.0229. The molecule has 1 fully saturated rings. The molecule has 1 aliphatic heterocycles. The van der Waals surface area contributed by atoms with E-state index in [2.05, 4.69) is 25.6 Å². The van der Waals surface area contributed by atoms with E-state index in [-0.39, 0.29) is 5.91 Å². The molecule has 0 bridgehead atoms. The predicted molar refractivity (Wildman–Crippen MR) is 81.5 cm³/mol. The van der Waals surface area contributed by atoms with Crippen molar-refractivity contribution >= 4 is 11.7 Å². The Morgan fingerprint density at radius 1 is 1.50 bits per heavy atom. The summed E-state index contributed by atoms with van der Waals surface area (Å²) in [5, 5.41) is 13.4. The summed E-state index contributed by atoms with van der Waals surface area (Å²) in [5.41, 5.74) is 1.29. The van der Waals surface area contributed by atoms with Crippen LogP contribution in [0, 0.1) is 6.92 Å². The molecule has 3 heterocycles. The van der Waals surface area contributed by atoms with Crippen molar-refractivity contribution in [2.45, 2.75) is 32.1 Å². The zero-order valence-electron chi connectivity index (χ0n) is 12.7. The third kappa shape index (κ3) is 3.73. The van der Waals surface area contributed by atoms with Gasteiger partial charge in [0.2, 0.25) is 5.91 Å². The Morgan fingerprint density at radius 3 is 2.95 bits per heavy atom. The maximum absolute atomic E-state index is 11.9. The van der Waals surface area contributed by atoms with Crippen LogP contribution in [0.1, 0.15) is 36.5 Å². The molecule has 22 heavy (non-hydrogen) atoms. The lowest BCUT2D eigenvalue weighted by Crippen LogP contribution is -2.35. The number of hydrogen-bond donors (Lipinski definition) is 2. The molecule has 1 aliphatic rings. The molecule has 1 saturated heterocycles. The van der Waals surface area contributed by atoms with Gasteiger partial charge in [-0.25, -0.2) is 0 Å². The van der Waals surface area contributed by atoms with Crippen molar-refractivity contribution in [1.82, 2.24) is 20.3 Å². The van der Waals surface area contributed by atoms with Crippen molar-refractivity contribution in [3.8, 4) is 0 Å². The monoisotopic (exact) mass is 303 g/mol. The number of H-pyrrole nitrogens is 1. The van der Waals surface area contributed by atoms with Crippen LogP contribution in [0.4, 0.5) is 5.82 Å². The van der Waals surface area contributed by atoms with Crippen LogP contribution < -0.4 is 5.32 Å². The highest BCUT2D eigenvalue weighted by Crippen LogP contribution is 2.27. The summed E-state index contributed by atoms with van der Waals surface area (Å²) in [7, 11) is 0. The summed E-state index contributed by atoms with van der Waals surface area (Å²) in [6.45, 7) is 4.62. The predicted octanol–water partition coefficient (Wildman–Crippen LogP) is 1.91. The first-order valence-corrected chi connectivity index (χ1v) is 7.65. The second-order valence-electron chi connectivity index (χ2n) is 5.77. The van der Waals surface area contributed by atoms with Gasteiger partial charge in [0.25, 0.3) is 0 Å². The smallest absolute Gasteiger partial charge is 0.226 e. The summed E-state index contributed by atoms with van der Waals surface area (Å²) < 4.78 is 4.92. The van der Waals surface area contributed by atoms with Gasteiger partial charge in [-0.3, -0.25) is 9.89 Å². The molecular formula is C15H21N5O2. The fourth-order valence-electron chi connectivity index (χ4n) is 2.86. The fourth-order valence-corrected chi connectivity index (χ4v) is 2.86. The van der Waals surface area contributed by atoms with Crippen molar-refractivity contribution in [3.05, 3.63) is 29.8 Å². The third-order valence-electron chi connectivity index (χ3n) is 4.13. The normalized spacial score (nSPS) is 16.8. The number of aryl methyl sites for hydroxylation is 1. The maximum atomic E-state index is 11.9. The number of aromatic nitrogens is 3. The van der Waals surface area contributed by atoms with E-state index in [4.69, 9.17) is 4.52 Å². The number of carbonyl (C=O) groups is 1. The highest BCUT2D eigenvalue weighted by Gasteiger charge is 2.21. The molecule has 2 aromatic heterocycles. The minimum Gasteiger partial charge on any atom is -0.360 e. The second kappa shape index (κ2) is 6.74. The Kier molecular flexibility index (Phi) is 4.53. The van der Waals surface area contributed by atoms with E-state index >= 15 is 0 Å². The molecule has 2 N–H and O–H groups in total. The van der Waals surface area contributed by atoms with Crippen LogP contribution in [-0.2, 0) is 4.79 Å². The van der Waals surface area contributed by atoms with Gasteiger partial charge in [0.15, 0.2) is 5.82 Å². The average molecular weight is 303 g/mol. The van der Waals surface area contributed by atoms with Crippen LogP contribution in [0.2, 0.25) is 0 Å². The van der Waals surface area contributed by atoms with Crippen LogP contribution in [0.3, 0.4) is 0 Å². The van der Waals surface area contributed by atoms with Crippen molar-refractivity contribution in [2.24, 2.45) is 0 Å². The number of rotatable bonds is 5. The van der Waals surface area contributed by atoms with E-state index in [0.717, 1.165) is 32.5 Å². The standard InChI is InChI=1S/C15H21N5O2/c1-11-8-14(19-22-11)18-15(21)4-7-20-5-2-12(3-6-20)13-9-16-17-10-13/h8-10,12H,2-7H2,1H3,(H,16,17)(H,18,19,21). The van der Waals surface area contributed by atoms with Gasteiger partial charge in [-0.2, -0.15) is 5.10 Å². The Balaban J connectivity index is 1.39. The number of piperidine rings is 1. The molecule has 7 heteroatoms. The summed E-state index contributed by atoms with van der Waals surface area (Å²) in [6, 6.07) is 1.72. The second-order valence-corrected chi connectivity index (χ2v) is 5.77. The van der Waals surface area contributed by atoms with E-state index < -0.39 is 0 Å². The summed E-state index contributed by atoms with van der Waals surface area (Å²) >= 11 is 0. The van der Waals surface area contributed by atoms with Crippen molar-refractivity contribution in [3.63, 3.8) is 0 Å². The molecule has 2 aromatic rings. The molecule has 118 valence electrons. The van der Waals surface area contributed by atoms with Gasteiger partial charge in [-0.1, -0.05) is 5.16 Å². The topological polar surface area (TPSA) is 87.0 Å². The lowest BCUT2D eigenvalue weighted by Gasteiger charge is -2.31. The minimum absolute atomic E-state index is 0.0229. The van der Waals surface area contributed by atoms with Crippen LogP contribution in [0.25, 0.3) is 0 Å². The van der Waals surface area contributed by atoms with E-state index in [1.807, 2.05) is 12.4 Å². The fraction of sp³-hybridized carbons (Fsp3) is 0.533. The number of likely N-dealkylation sites (tertiary alicyclic amines) is 1. The number of carbonyl (C=O) groups excluding carboxylic acids is 1. The molecule has 3 rings (SSSR count). The Labute approximate surface area is 129 Å². The molecule has 1 amide bonds. The molecule has 7 nitrogen and oxygen atoms in total. The highest BCUT2D eigenvalue weighted by atomic mass is 16.5. The van der Waals surface area contributed by atoms with Gasteiger partial charge >= 0.3 is 0 Å². The largest absolute Gasteiger partial charge is 0.360 e. The number of anilines is 1. The zero-order chi connectivity index (χ0) is 15.4. The number of amides is 1. The van der Waals surface area contributed by atoms with Crippen LogP contribution in [0.5, 0.6) is 0 Å². The van der Waals surface area contributed by atoms with E-state index in [1.54, 1.807) is 13.0 Å². The first-order chi connectivity index (χ1) is 10.7. The van der Waals surface area contributed by atoms with Gasteiger partial charge in [-0.05, 0) is 44.3 Å². The van der Waals surface area contributed by atoms with Crippen LogP contribution in [0.15, 0.2) is 23.0 Å². The quantitative estimate of drug-likeness (QED) is 0.881. The highest BCUT2D eigenvalue weighted by molar-refractivity contribution is 5.89. The lowest BCUT2D eigenvalue weighted by atomic mass is 9.91. The van der Waals surface area contributed by atoms with Gasteiger partial charge in [0.1, 0.15) is 5.76 Å². The maximum Gasteiger partial charge on any atom is 0.226 e. The van der Waals surface area contributed by atoms with Crippen molar-refractivity contribution in [1.29, 1.82) is 0 Å². The van der Waals surface area contributed by atoms with Crippen LogP contribution in [-0.4, -0.2) is 45.8 Å². The van der Waals surface area contributed by atoms with Crippen LogP contribution >= 0.6 is 0 Å². The molecule has 0 unspecified atom stereocenters. The van der Waals surface area contributed by atoms with E-state index in [9.17, 15) is 4.79 Å². The molecule has 0 aromatic carbocycles.